The van der Waals surface area contributed by atoms with Gasteiger partial charge in [0.2, 0.25) is 0 Å². The highest BCUT2D eigenvalue weighted by molar-refractivity contribution is 5.93. The monoisotopic (exact) mass is 430 g/mol. The van der Waals surface area contributed by atoms with E-state index in [0.29, 0.717) is 18.3 Å². The molecule has 2 fully saturated rings. The first-order chi connectivity index (χ1) is 15.3. The molecule has 0 aliphatic heterocycles. The molecule has 1 aromatic rings. The van der Waals surface area contributed by atoms with E-state index in [1.807, 2.05) is 32.1 Å². The number of hydrogen-bond donors (Lipinski definition) is 2. The summed E-state index contributed by atoms with van der Waals surface area (Å²) in [5.41, 5.74) is 5.07. The van der Waals surface area contributed by atoms with E-state index in [4.69, 9.17) is 0 Å². The number of benzene rings is 1. The van der Waals surface area contributed by atoms with Crippen molar-refractivity contribution in [1.29, 1.82) is 0 Å². The molecule has 4 aliphatic carbocycles. The Morgan fingerprint density at radius 3 is 2.75 bits per heavy atom. The SMILES string of the molecule is CC#C[C@]1(O)CC[C@H]2[C@@H]3CCC4=CC(=O)CCC4=C3[C@@H](c3cccc(C(C)O)c3)C[C@@]21C. The first-order valence-corrected chi connectivity index (χ1v) is 12.2. The molecular weight excluding hydrogens is 396 g/mol. The van der Waals surface area contributed by atoms with Gasteiger partial charge in [0.05, 0.1) is 6.10 Å². The largest absolute Gasteiger partial charge is 0.389 e. The highest BCUT2D eigenvalue weighted by atomic mass is 16.3. The number of rotatable bonds is 2. The van der Waals surface area contributed by atoms with Crippen LogP contribution in [-0.2, 0) is 4.79 Å². The van der Waals surface area contributed by atoms with Crippen LogP contribution in [0.1, 0.15) is 88.9 Å². The molecule has 3 heteroatoms. The predicted molar refractivity (Wildman–Crippen MR) is 126 cm³/mol. The molecule has 0 saturated heterocycles. The average molecular weight is 431 g/mol. The van der Waals surface area contributed by atoms with Crippen LogP contribution in [0, 0.1) is 29.1 Å². The second kappa shape index (κ2) is 7.72. The zero-order valence-electron chi connectivity index (χ0n) is 19.4. The minimum absolute atomic E-state index is 0.176. The number of carbonyl (C=O) groups excluding carboxylic acids is 1. The Bertz CT molecular complexity index is 1080. The fourth-order valence-electron chi connectivity index (χ4n) is 7.41. The highest BCUT2D eigenvalue weighted by Gasteiger charge is 2.62. The van der Waals surface area contributed by atoms with Crippen LogP contribution in [0.4, 0.5) is 0 Å². The Labute approximate surface area is 191 Å². The molecule has 168 valence electrons. The van der Waals surface area contributed by atoms with Gasteiger partial charge in [-0.05, 0) is 92.6 Å². The molecule has 32 heavy (non-hydrogen) atoms. The molecule has 2 N–H and O–H groups in total. The van der Waals surface area contributed by atoms with Gasteiger partial charge in [0.15, 0.2) is 5.78 Å². The summed E-state index contributed by atoms with van der Waals surface area (Å²) in [6.45, 7) is 5.89. The van der Waals surface area contributed by atoms with Crippen LogP contribution in [0.2, 0.25) is 0 Å². The number of hydrogen-bond acceptors (Lipinski definition) is 3. The van der Waals surface area contributed by atoms with Gasteiger partial charge in [-0.3, -0.25) is 4.79 Å². The van der Waals surface area contributed by atoms with Gasteiger partial charge in [-0.1, -0.05) is 42.7 Å². The molecule has 4 aliphatic rings. The maximum Gasteiger partial charge on any atom is 0.156 e. The number of ketones is 1. The summed E-state index contributed by atoms with van der Waals surface area (Å²) < 4.78 is 0. The van der Waals surface area contributed by atoms with Gasteiger partial charge in [-0.25, -0.2) is 0 Å². The van der Waals surface area contributed by atoms with Crippen molar-refractivity contribution in [2.75, 3.05) is 0 Å². The van der Waals surface area contributed by atoms with Crippen molar-refractivity contribution in [3.8, 4) is 11.8 Å². The van der Waals surface area contributed by atoms with E-state index in [9.17, 15) is 15.0 Å². The van der Waals surface area contributed by atoms with E-state index in [0.717, 1.165) is 44.1 Å². The maximum atomic E-state index is 12.2. The number of aliphatic hydroxyl groups excluding tert-OH is 1. The molecule has 3 nitrogen and oxygen atoms in total. The van der Waals surface area contributed by atoms with Crippen LogP contribution in [0.3, 0.4) is 0 Å². The van der Waals surface area contributed by atoms with Gasteiger partial charge in [0, 0.05) is 17.8 Å². The molecule has 0 amide bonds. The summed E-state index contributed by atoms with van der Waals surface area (Å²) in [6.07, 6.45) is 7.40. The minimum Gasteiger partial charge on any atom is -0.389 e. The Morgan fingerprint density at radius 2 is 2.00 bits per heavy atom. The number of allylic oxidation sites excluding steroid dienone is 4. The predicted octanol–water partition coefficient (Wildman–Crippen LogP) is 5.39. The summed E-state index contributed by atoms with van der Waals surface area (Å²) in [5.74, 6) is 7.49. The number of fused-ring (bicyclic) bond motifs is 4. The standard InChI is InChI=1S/C29H34O3/c1-4-13-29(32)14-12-26-24-10-8-21-16-22(31)9-11-23(21)27(24)25(17-28(26,29)3)20-7-5-6-19(15-20)18(2)30/h5-7,15-16,18,24-26,30,32H,8-12,14,17H2,1-3H3/t18?,24-,25+,26-,28-,29-/m0/s1. The van der Waals surface area contributed by atoms with Crippen LogP contribution in [0.25, 0.3) is 0 Å². The van der Waals surface area contributed by atoms with Crippen molar-refractivity contribution in [2.45, 2.75) is 83.3 Å². The maximum absolute atomic E-state index is 12.2. The van der Waals surface area contributed by atoms with E-state index < -0.39 is 11.7 Å². The molecule has 0 radical (unpaired) electrons. The van der Waals surface area contributed by atoms with Crippen LogP contribution in [-0.4, -0.2) is 21.6 Å². The lowest BCUT2D eigenvalue weighted by atomic mass is 9.51. The van der Waals surface area contributed by atoms with Gasteiger partial charge in [-0.15, -0.1) is 5.92 Å². The lowest BCUT2D eigenvalue weighted by Gasteiger charge is -2.53. The molecule has 0 aromatic heterocycles. The molecule has 5 rings (SSSR count). The molecule has 2 saturated carbocycles. The smallest absolute Gasteiger partial charge is 0.156 e. The van der Waals surface area contributed by atoms with Crippen molar-refractivity contribution in [3.63, 3.8) is 0 Å². The van der Waals surface area contributed by atoms with Crippen LogP contribution in [0.15, 0.2) is 47.1 Å². The van der Waals surface area contributed by atoms with Crippen LogP contribution < -0.4 is 0 Å². The number of carbonyl (C=O) groups is 1. The van der Waals surface area contributed by atoms with Crippen molar-refractivity contribution in [1.82, 2.24) is 0 Å². The van der Waals surface area contributed by atoms with Gasteiger partial charge in [0.1, 0.15) is 5.60 Å². The van der Waals surface area contributed by atoms with E-state index in [-0.39, 0.29) is 17.1 Å². The highest BCUT2D eigenvalue weighted by Crippen LogP contribution is 2.66. The van der Waals surface area contributed by atoms with Crippen molar-refractivity contribution < 1.29 is 15.0 Å². The molecule has 0 heterocycles. The van der Waals surface area contributed by atoms with Crippen LogP contribution >= 0.6 is 0 Å². The van der Waals surface area contributed by atoms with Crippen molar-refractivity contribution in [2.24, 2.45) is 17.3 Å². The third-order valence-corrected chi connectivity index (χ3v) is 9.01. The van der Waals surface area contributed by atoms with Crippen LogP contribution in [0.5, 0.6) is 0 Å². The third kappa shape index (κ3) is 3.15. The second-order valence-electron chi connectivity index (χ2n) is 10.6. The lowest BCUT2D eigenvalue weighted by molar-refractivity contribution is -0.114. The minimum atomic E-state index is -0.957. The Hall–Kier alpha value is -2.15. The quantitative estimate of drug-likeness (QED) is 0.618. The molecule has 6 atom stereocenters. The topological polar surface area (TPSA) is 57.5 Å². The zero-order chi connectivity index (χ0) is 22.7. The van der Waals surface area contributed by atoms with E-state index >= 15 is 0 Å². The summed E-state index contributed by atoms with van der Waals surface area (Å²) in [6, 6.07) is 8.35. The second-order valence-corrected chi connectivity index (χ2v) is 10.6. The molecular formula is C29H34O3. The van der Waals surface area contributed by atoms with E-state index in [1.165, 1.54) is 22.3 Å². The molecule has 0 bridgehead atoms. The fraction of sp³-hybridized carbons (Fsp3) is 0.552. The Kier molecular flexibility index (Phi) is 5.23. The zero-order valence-corrected chi connectivity index (χ0v) is 19.4. The summed E-state index contributed by atoms with van der Waals surface area (Å²) in [4.78, 5) is 12.2. The van der Waals surface area contributed by atoms with Gasteiger partial charge in [-0.2, -0.15) is 0 Å². The first kappa shape index (κ1) is 21.7. The average Bonchev–Trinajstić information content (AvgIpc) is 3.03. The van der Waals surface area contributed by atoms with E-state index in [2.05, 4.69) is 30.9 Å². The summed E-state index contributed by atoms with van der Waals surface area (Å²) in [7, 11) is 0. The Morgan fingerprint density at radius 1 is 1.19 bits per heavy atom. The van der Waals surface area contributed by atoms with Crippen molar-refractivity contribution in [3.05, 3.63) is 58.2 Å². The van der Waals surface area contributed by atoms with Crippen molar-refractivity contribution >= 4 is 5.78 Å². The molecule has 0 spiro atoms. The van der Waals surface area contributed by atoms with E-state index in [1.54, 1.807) is 0 Å². The fourth-order valence-corrected chi connectivity index (χ4v) is 7.41. The molecule has 1 unspecified atom stereocenters. The molecule has 1 aromatic carbocycles. The van der Waals surface area contributed by atoms with Gasteiger partial charge < -0.3 is 10.2 Å². The Balaban J connectivity index is 1.70. The summed E-state index contributed by atoms with van der Waals surface area (Å²) in [5, 5.41) is 22.0. The van der Waals surface area contributed by atoms with Gasteiger partial charge in [0.25, 0.3) is 0 Å². The number of aliphatic hydroxyl groups is 2. The normalized spacial score (nSPS) is 37.0. The third-order valence-electron chi connectivity index (χ3n) is 9.01. The lowest BCUT2D eigenvalue weighted by Crippen LogP contribution is -2.51. The summed E-state index contributed by atoms with van der Waals surface area (Å²) >= 11 is 0. The first-order valence-electron chi connectivity index (χ1n) is 12.2. The van der Waals surface area contributed by atoms with Gasteiger partial charge >= 0.3 is 0 Å².